The van der Waals surface area contributed by atoms with Crippen LogP contribution in [0, 0.1) is 11.8 Å². The van der Waals surface area contributed by atoms with Crippen molar-refractivity contribution in [2.24, 2.45) is 11.8 Å². The van der Waals surface area contributed by atoms with Gasteiger partial charge in [-0.05, 0) is 30.5 Å². The van der Waals surface area contributed by atoms with Crippen LogP contribution in [0.3, 0.4) is 0 Å². The van der Waals surface area contributed by atoms with Crippen LogP contribution in [0.5, 0.6) is 11.5 Å². The van der Waals surface area contributed by atoms with E-state index in [9.17, 15) is 40.5 Å². The predicted molar refractivity (Wildman–Crippen MR) is 104 cm³/mol. The molecule has 0 amide bonds. The highest BCUT2D eigenvalue weighted by molar-refractivity contribution is 6.22. The molecule has 10 heteroatoms. The molecule has 1 saturated carbocycles. The van der Waals surface area contributed by atoms with Gasteiger partial charge >= 0.3 is 0 Å². The monoisotopic (exact) mass is 438 g/mol. The highest BCUT2D eigenvalue weighted by atomic mass is 16.5. The summed E-state index contributed by atoms with van der Waals surface area (Å²) >= 11 is 0. The van der Waals surface area contributed by atoms with Gasteiger partial charge in [0, 0.05) is 0 Å². The van der Waals surface area contributed by atoms with Crippen molar-refractivity contribution in [2.45, 2.75) is 55.6 Å². The number of Topliss-reactive ketones (excluding diaryl/α,β-unsaturated/α-hetero) is 1. The molecule has 3 aliphatic rings. The highest BCUT2D eigenvalue weighted by Crippen LogP contribution is 2.44. The van der Waals surface area contributed by atoms with Gasteiger partial charge in [0.15, 0.2) is 17.3 Å². The minimum atomic E-state index is -1.60. The third-order valence-electron chi connectivity index (χ3n) is 6.53. The van der Waals surface area contributed by atoms with Gasteiger partial charge in [0.05, 0.1) is 42.5 Å². The van der Waals surface area contributed by atoms with Crippen molar-refractivity contribution in [3.05, 3.63) is 30.0 Å². The minimum absolute atomic E-state index is 0.195. The van der Waals surface area contributed by atoms with Crippen LogP contribution in [-0.4, -0.2) is 90.9 Å². The van der Waals surface area contributed by atoms with E-state index in [1.165, 1.54) is 24.5 Å². The fourth-order valence-corrected chi connectivity index (χ4v) is 4.82. The van der Waals surface area contributed by atoms with Crippen LogP contribution < -0.4 is 0 Å². The molecule has 2 fully saturated rings. The number of aliphatic hydroxyl groups excluding tert-OH is 5. The van der Waals surface area contributed by atoms with Crippen molar-refractivity contribution in [1.29, 1.82) is 0 Å². The van der Waals surface area contributed by atoms with Crippen LogP contribution >= 0.6 is 0 Å². The number of benzene rings is 1. The molecule has 170 valence electrons. The molecule has 0 aromatic heterocycles. The zero-order chi connectivity index (χ0) is 22.4. The van der Waals surface area contributed by atoms with Gasteiger partial charge in [0.25, 0.3) is 0 Å². The van der Waals surface area contributed by atoms with Gasteiger partial charge in [0.2, 0.25) is 0 Å². The quantitative estimate of drug-likeness (QED) is 0.279. The summed E-state index contributed by atoms with van der Waals surface area (Å²) in [4.78, 5) is 13.2. The Morgan fingerprint density at radius 2 is 1.68 bits per heavy atom. The summed E-state index contributed by atoms with van der Waals surface area (Å²) in [7, 11) is 0. The Hall–Kier alpha value is -2.21. The summed E-state index contributed by atoms with van der Waals surface area (Å²) in [6.07, 6.45) is -7.16. The average molecular weight is 438 g/mol. The molecule has 1 aromatic carbocycles. The van der Waals surface area contributed by atoms with E-state index in [-0.39, 0.29) is 29.3 Å². The number of aromatic hydroxyl groups is 2. The number of aliphatic hydroxyl groups is 5. The summed E-state index contributed by atoms with van der Waals surface area (Å²) in [5.74, 6) is -2.58. The van der Waals surface area contributed by atoms with Crippen LogP contribution in [0.2, 0.25) is 0 Å². The highest BCUT2D eigenvalue weighted by Gasteiger charge is 2.55. The smallest absolute Gasteiger partial charge is 0.173 e. The van der Waals surface area contributed by atoms with Gasteiger partial charge < -0.3 is 45.2 Å². The summed E-state index contributed by atoms with van der Waals surface area (Å²) in [6, 6.07) is 3.97. The van der Waals surface area contributed by atoms with Gasteiger partial charge in [-0.25, -0.2) is 0 Å². The Bertz CT molecular complexity index is 868. The largest absolute Gasteiger partial charge is 0.504 e. The molecule has 7 N–H and O–H groups in total. The molecule has 0 spiro atoms. The van der Waals surface area contributed by atoms with Crippen molar-refractivity contribution in [2.75, 3.05) is 6.61 Å². The van der Waals surface area contributed by atoms with Crippen molar-refractivity contribution >= 4 is 11.4 Å². The maximum absolute atomic E-state index is 13.2. The number of hydrogen-bond acceptors (Lipinski definition) is 10. The topological polar surface area (TPSA) is 177 Å². The van der Waals surface area contributed by atoms with Gasteiger partial charge in [-0.3, -0.25) is 4.79 Å². The number of fused-ring (bicyclic) bond motifs is 1. The number of allylic oxidation sites excluding steroid dienone is 1. The number of phenols is 2. The maximum atomic E-state index is 13.2. The predicted octanol–water partition coefficient (Wildman–Crippen LogP) is -1.36. The normalized spacial score (nSPS) is 40.6. The molecule has 2 aliphatic heterocycles. The van der Waals surface area contributed by atoms with Crippen molar-refractivity contribution in [1.82, 2.24) is 0 Å². The summed E-state index contributed by atoms with van der Waals surface area (Å²) in [6.45, 7) is -0.605. The first-order valence-corrected chi connectivity index (χ1v) is 10.1. The second-order valence-corrected chi connectivity index (χ2v) is 8.32. The molecule has 31 heavy (non-hydrogen) atoms. The van der Waals surface area contributed by atoms with Crippen molar-refractivity contribution in [3.8, 4) is 11.5 Å². The second kappa shape index (κ2) is 8.38. The number of hydrogen-bond donors (Lipinski definition) is 7. The fraction of sp³-hybridized carbons (Fsp3) is 0.571. The van der Waals surface area contributed by atoms with Gasteiger partial charge in [0.1, 0.15) is 30.5 Å². The van der Waals surface area contributed by atoms with E-state index in [1.54, 1.807) is 0 Å². The zero-order valence-electron chi connectivity index (χ0n) is 16.5. The minimum Gasteiger partial charge on any atom is -0.504 e. The van der Waals surface area contributed by atoms with E-state index in [0.29, 0.717) is 12.0 Å². The van der Waals surface area contributed by atoms with E-state index in [1.807, 2.05) is 0 Å². The number of ether oxygens (including phenoxy) is 2. The summed E-state index contributed by atoms with van der Waals surface area (Å²) < 4.78 is 11.4. The van der Waals surface area contributed by atoms with Crippen LogP contribution in [0.15, 0.2) is 24.5 Å². The Balaban J connectivity index is 1.64. The first-order chi connectivity index (χ1) is 14.7. The van der Waals surface area contributed by atoms with Crippen LogP contribution in [0.1, 0.15) is 18.4 Å². The molecule has 10 nitrogen and oxygen atoms in total. The lowest BCUT2D eigenvalue weighted by Gasteiger charge is -2.49. The van der Waals surface area contributed by atoms with E-state index in [2.05, 4.69) is 0 Å². The number of ketones is 1. The van der Waals surface area contributed by atoms with Crippen molar-refractivity contribution < 1.29 is 50.0 Å². The van der Waals surface area contributed by atoms with E-state index in [4.69, 9.17) is 9.47 Å². The molecule has 9 unspecified atom stereocenters. The molecule has 0 radical (unpaired) electrons. The molecule has 4 rings (SSSR count). The van der Waals surface area contributed by atoms with Crippen LogP contribution in [0.25, 0.3) is 5.57 Å². The number of carbonyl (C=O) groups excluding carboxylic acids is 1. The Kier molecular flexibility index (Phi) is 5.95. The standard InChI is InChI=1S/C21H26O10/c22-6-14-17(27)18(28)19(29)21(31-14)15-12(24)4-2-9-16(26)10(7-30-20(9)15)8-1-3-11(23)13(25)5-8/h1,3,5,7,9,12,14-15,17-25,27-29H,2,4,6H2. The third-order valence-corrected chi connectivity index (χ3v) is 6.53. The number of carbonyl (C=O) groups is 1. The summed E-state index contributed by atoms with van der Waals surface area (Å²) in [5, 5.41) is 70.0. The molecule has 1 saturated heterocycles. The fourth-order valence-electron chi connectivity index (χ4n) is 4.82. The number of phenolic OH excluding ortho intramolecular Hbond substituents is 2. The van der Waals surface area contributed by atoms with Crippen molar-refractivity contribution in [3.63, 3.8) is 0 Å². The molecule has 0 bridgehead atoms. The zero-order valence-corrected chi connectivity index (χ0v) is 16.5. The molecule has 1 aliphatic carbocycles. The molecule has 2 heterocycles. The average Bonchev–Trinajstić information content (AvgIpc) is 2.75. The van der Waals surface area contributed by atoms with E-state index >= 15 is 0 Å². The lowest BCUT2D eigenvalue weighted by Crippen LogP contribution is -2.65. The number of rotatable bonds is 3. The molecule has 1 aromatic rings. The molecule has 9 atom stereocenters. The Labute approximate surface area is 177 Å². The van der Waals surface area contributed by atoms with E-state index < -0.39 is 61.2 Å². The molecular weight excluding hydrogens is 412 g/mol. The lowest BCUT2D eigenvalue weighted by atomic mass is 9.68. The lowest BCUT2D eigenvalue weighted by molar-refractivity contribution is -0.262. The maximum Gasteiger partial charge on any atom is 0.173 e. The van der Waals surface area contributed by atoms with Crippen LogP contribution in [-0.2, 0) is 14.3 Å². The molecular formula is C21H26O10. The Morgan fingerprint density at radius 3 is 2.35 bits per heavy atom. The second-order valence-electron chi connectivity index (χ2n) is 8.32. The first-order valence-electron chi connectivity index (χ1n) is 10.1. The SMILES string of the molecule is O=C1C(c2ccc(O)c(O)c2)=COC2C1CCC(O)C2C1OC(CO)C(O)C(O)C1O. The van der Waals surface area contributed by atoms with Gasteiger partial charge in [-0.2, -0.15) is 0 Å². The summed E-state index contributed by atoms with van der Waals surface area (Å²) in [5.41, 5.74) is 0.551. The van der Waals surface area contributed by atoms with Crippen LogP contribution in [0.4, 0.5) is 0 Å². The first kappa shape index (κ1) is 22.0. The van der Waals surface area contributed by atoms with E-state index in [0.717, 1.165) is 0 Å². The van der Waals surface area contributed by atoms with Gasteiger partial charge in [-0.15, -0.1) is 0 Å². The van der Waals surface area contributed by atoms with Gasteiger partial charge in [-0.1, -0.05) is 6.07 Å². The third kappa shape index (κ3) is 3.69. The Morgan fingerprint density at radius 1 is 0.935 bits per heavy atom.